The lowest BCUT2D eigenvalue weighted by Crippen LogP contribution is -2.32. The molecule has 0 radical (unpaired) electrons. The van der Waals surface area contributed by atoms with Crippen molar-refractivity contribution in [3.05, 3.63) is 45.5 Å². The number of benzene rings is 1. The molecule has 1 rings (SSSR count). The summed E-state index contributed by atoms with van der Waals surface area (Å²) in [5.74, 6) is -0.557. The van der Waals surface area contributed by atoms with Gasteiger partial charge in [-0.3, -0.25) is 0 Å². The molecule has 0 saturated heterocycles. The molecule has 11 heteroatoms. The fourth-order valence-electron chi connectivity index (χ4n) is 2.59. The predicted molar refractivity (Wildman–Crippen MR) is 98.8 cm³/mol. The van der Waals surface area contributed by atoms with Gasteiger partial charge in [-0.15, -0.1) is 10.1 Å². The molecule has 162 valence electrons. The Bertz CT molecular complexity index is 652. The van der Waals surface area contributed by atoms with Gasteiger partial charge in [-0.1, -0.05) is 26.0 Å². The Kier molecular flexibility index (Phi) is 10.4. The van der Waals surface area contributed by atoms with Crippen LogP contribution < -0.4 is 5.32 Å². The minimum Gasteiger partial charge on any atom is -0.424 e. The first kappa shape index (κ1) is 24.1. The minimum absolute atomic E-state index is 0.121. The maximum absolute atomic E-state index is 11.9. The van der Waals surface area contributed by atoms with Crippen LogP contribution in [0.2, 0.25) is 0 Å². The SMILES string of the molecule is CC(C)C[C@H](CNC(=O)OCOC(=O)c1ccc(CO[N+](=O)[O-])cc1)CC(O)O. The molecule has 0 bridgehead atoms. The monoisotopic (exact) mass is 414 g/mol. The number of rotatable bonds is 12. The number of amides is 1. The van der Waals surface area contributed by atoms with Crippen molar-refractivity contribution < 1.29 is 39.2 Å². The van der Waals surface area contributed by atoms with Crippen LogP contribution in [0.3, 0.4) is 0 Å². The van der Waals surface area contributed by atoms with E-state index in [1.54, 1.807) is 0 Å². The standard InChI is InChI=1S/C18H26N2O9/c1-12(2)7-14(8-16(21)22)9-19-18(24)28-11-27-17(23)15-5-3-13(4-6-15)10-29-20(25)26/h3-6,12,14,16,21-22H,7-11H2,1-2H3,(H,19,24)/t14-/m0/s1. The van der Waals surface area contributed by atoms with E-state index in [2.05, 4.69) is 10.2 Å². The molecule has 0 unspecified atom stereocenters. The number of ether oxygens (including phenoxy) is 2. The fourth-order valence-corrected chi connectivity index (χ4v) is 2.59. The number of hydrogen-bond donors (Lipinski definition) is 3. The highest BCUT2D eigenvalue weighted by Gasteiger charge is 2.16. The van der Waals surface area contributed by atoms with Gasteiger partial charge in [0.2, 0.25) is 6.79 Å². The van der Waals surface area contributed by atoms with Gasteiger partial charge in [-0.2, -0.15) is 0 Å². The molecule has 0 aliphatic carbocycles. The second-order valence-corrected chi connectivity index (χ2v) is 6.77. The smallest absolute Gasteiger partial charge is 0.410 e. The summed E-state index contributed by atoms with van der Waals surface area (Å²) in [5.41, 5.74) is 0.672. The van der Waals surface area contributed by atoms with E-state index in [9.17, 15) is 19.7 Å². The highest BCUT2D eigenvalue weighted by Crippen LogP contribution is 2.16. The van der Waals surface area contributed by atoms with E-state index in [4.69, 9.17) is 19.7 Å². The van der Waals surface area contributed by atoms with E-state index in [1.165, 1.54) is 24.3 Å². The Morgan fingerprint density at radius 3 is 2.34 bits per heavy atom. The number of carbonyl (C=O) groups excluding carboxylic acids is 2. The number of carbonyl (C=O) groups is 2. The third kappa shape index (κ3) is 10.9. The molecule has 1 aromatic rings. The molecule has 0 spiro atoms. The van der Waals surface area contributed by atoms with Crippen molar-refractivity contribution in [3.63, 3.8) is 0 Å². The predicted octanol–water partition coefficient (Wildman–Crippen LogP) is 1.60. The van der Waals surface area contributed by atoms with Gasteiger partial charge in [0.25, 0.3) is 5.09 Å². The lowest BCUT2D eigenvalue weighted by atomic mass is 9.94. The Morgan fingerprint density at radius 2 is 1.79 bits per heavy atom. The van der Waals surface area contributed by atoms with Crippen LogP contribution in [-0.4, -0.2) is 47.0 Å². The Morgan fingerprint density at radius 1 is 1.14 bits per heavy atom. The van der Waals surface area contributed by atoms with Gasteiger partial charge in [-0.25, -0.2) is 9.59 Å². The Labute approximate surface area is 167 Å². The first-order valence-electron chi connectivity index (χ1n) is 8.97. The highest BCUT2D eigenvalue weighted by molar-refractivity contribution is 5.89. The largest absolute Gasteiger partial charge is 0.424 e. The van der Waals surface area contributed by atoms with Crippen LogP contribution in [-0.2, 0) is 20.9 Å². The number of hydrogen-bond acceptors (Lipinski definition) is 9. The average Bonchev–Trinajstić information content (AvgIpc) is 2.64. The topological polar surface area (TPSA) is 157 Å². The molecule has 29 heavy (non-hydrogen) atoms. The molecule has 11 nitrogen and oxygen atoms in total. The molecule has 0 aliphatic rings. The third-order valence-corrected chi connectivity index (χ3v) is 3.79. The van der Waals surface area contributed by atoms with Gasteiger partial charge in [0, 0.05) is 13.0 Å². The fraction of sp³-hybridized carbons (Fsp3) is 0.556. The van der Waals surface area contributed by atoms with Gasteiger partial charge in [0.1, 0.15) is 6.61 Å². The third-order valence-electron chi connectivity index (χ3n) is 3.79. The van der Waals surface area contributed by atoms with Crippen LogP contribution >= 0.6 is 0 Å². The molecular formula is C18H26N2O9. The van der Waals surface area contributed by atoms with Crippen molar-refractivity contribution in [1.29, 1.82) is 0 Å². The zero-order valence-electron chi connectivity index (χ0n) is 16.3. The number of aliphatic hydroxyl groups is 2. The first-order chi connectivity index (χ1) is 13.7. The molecule has 0 aromatic heterocycles. The maximum Gasteiger partial charge on any atom is 0.410 e. The quantitative estimate of drug-likeness (QED) is 0.200. The van der Waals surface area contributed by atoms with Crippen LogP contribution in [0.25, 0.3) is 0 Å². The van der Waals surface area contributed by atoms with Gasteiger partial charge in [-0.05, 0) is 36.0 Å². The van der Waals surface area contributed by atoms with E-state index in [-0.39, 0.29) is 31.1 Å². The summed E-state index contributed by atoms with van der Waals surface area (Å²) in [6.07, 6.45) is -1.45. The zero-order chi connectivity index (χ0) is 21.8. The molecule has 0 heterocycles. The highest BCUT2D eigenvalue weighted by atomic mass is 16.9. The number of aliphatic hydroxyl groups excluding tert-OH is 1. The first-order valence-corrected chi connectivity index (χ1v) is 8.97. The summed E-state index contributed by atoms with van der Waals surface area (Å²) in [6.45, 7) is 3.31. The molecule has 1 amide bonds. The van der Waals surface area contributed by atoms with E-state index < -0.39 is 30.2 Å². The lowest BCUT2D eigenvalue weighted by molar-refractivity contribution is -0.763. The van der Waals surface area contributed by atoms with Crippen molar-refractivity contribution in [2.24, 2.45) is 11.8 Å². The molecule has 3 N–H and O–H groups in total. The number of esters is 1. The molecular weight excluding hydrogens is 388 g/mol. The van der Waals surface area contributed by atoms with E-state index >= 15 is 0 Å². The molecule has 1 atom stereocenters. The van der Waals surface area contributed by atoms with Gasteiger partial charge in [0.15, 0.2) is 6.29 Å². The van der Waals surface area contributed by atoms with Crippen LogP contribution in [0.4, 0.5) is 4.79 Å². The summed E-state index contributed by atoms with van der Waals surface area (Å²) < 4.78 is 9.60. The van der Waals surface area contributed by atoms with Crippen LogP contribution in [0, 0.1) is 22.0 Å². The van der Waals surface area contributed by atoms with Crippen LogP contribution in [0.1, 0.15) is 42.6 Å². The number of nitrogens with one attached hydrogen (secondary N) is 1. The average molecular weight is 414 g/mol. The van der Waals surface area contributed by atoms with Crippen molar-refractivity contribution >= 4 is 12.1 Å². The number of nitrogens with zero attached hydrogens (tertiary/aromatic N) is 1. The molecule has 0 saturated carbocycles. The van der Waals surface area contributed by atoms with E-state index in [1.807, 2.05) is 13.8 Å². The molecule has 0 fully saturated rings. The summed E-state index contributed by atoms with van der Waals surface area (Å²) in [7, 11) is 0. The summed E-state index contributed by atoms with van der Waals surface area (Å²) in [4.78, 5) is 37.9. The zero-order valence-corrected chi connectivity index (χ0v) is 16.3. The van der Waals surface area contributed by atoms with Crippen molar-refractivity contribution in [2.75, 3.05) is 13.3 Å². The minimum atomic E-state index is -1.46. The Hall–Kier alpha value is -2.92. The lowest BCUT2D eigenvalue weighted by Gasteiger charge is -2.20. The van der Waals surface area contributed by atoms with Gasteiger partial charge >= 0.3 is 12.1 Å². The van der Waals surface area contributed by atoms with Crippen LogP contribution in [0.15, 0.2) is 24.3 Å². The normalized spacial score (nSPS) is 11.8. The molecule has 1 aromatic carbocycles. The molecule has 0 aliphatic heterocycles. The van der Waals surface area contributed by atoms with Crippen molar-refractivity contribution in [1.82, 2.24) is 5.32 Å². The summed E-state index contributed by atoms with van der Waals surface area (Å²) >= 11 is 0. The van der Waals surface area contributed by atoms with Crippen LogP contribution in [0.5, 0.6) is 0 Å². The van der Waals surface area contributed by atoms with Gasteiger partial charge < -0.3 is 29.8 Å². The maximum atomic E-state index is 11.9. The second kappa shape index (κ2) is 12.5. The Balaban J connectivity index is 2.35. The van der Waals surface area contributed by atoms with E-state index in [0.717, 1.165) is 0 Å². The second-order valence-electron chi connectivity index (χ2n) is 6.77. The van der Waals surface area contributed by atoms with Crippen molar-refractivity contribution in [2.45, 2.75) is 39.6 Å². The summed E-state index contributed by atoms with van der Waals surface area (Å²) in [5, 5.41) is 29.9. The van der Waals surface area contributed by atoms with Crippen molar-refractivity contribution in [3.8, 4) is 0 Å². The van der Waals surface area contributed by atoms with E-state index in [0.29, 0.717) is 17.9 Å². The summed E-state index contributed by atoms with van der Waals surface area (Å²) in [6, 6.07) is 5.74. The van der Waals surface area contributed by atoms with Gasteiger partial charge in [0.05, 0.1) is 5.56 Å². The number of alkyl carbamates (subject to hydrolysis) is 1.